The minimum atomic E-state index is -0.101. The van der Waals surface area contributed by atoms with Gasteiger partial charge in [-0.25, -0.2) is 0 Å². The van der Waals surface area contributed by atoms with Gasteiger partial charge < -0.3 is 9.42 Å². The Balaban J connectivity index is 1.87. The molecule has 1 aliphatic heterocycles. The quantitative estimate of drug-likeness (QED) is 0.848. The van der Waals surface area contributed by atoms with Crippen molar-refractivity contribution in [2.45, 2.75) is 13.0 Å². The zero-order chi connectivity index (χ0) is 14.8. The Kier molecular flexibility index (Phi) is 4.22. The molecule has 0 spiro atoms. The lowest BCUT2D eigenvalue weighted by atomic mass is 10.1. The highest BCUT2D eigenvalue weighted by atomic mass is 35.5. The molecule has 0 radical (unpaired) electrons. The molecule has 6 heteroatoms. The summed E-state index contributed by atoms with van der Waals surface area (Å²) >= 11 is 7.79. The first-order valence-corrected chi connectivity index (χ1v) is 8.26. The Bertz CT molecular complexity index is 641. The molecule has 110 valence electrons. The number of thioether (sulfide) groups is 1. The molecule has 0 saturated carbocycles. The van der Waals surface area contributed by atoms with Gasteiger partial charge in [0.25, 0.3) is 5.91 Å². The molecule has 3 rings (SSSR count). The molecule has 1 aromatic carbocycles. The molecule has 0 N–H and O–H groups in total. The summed E-state index contributed by atoms with van der Waals surface area (Å²) in [5.41, 5.74) is 1.81. The molecule has 1 unspecified atom stereocenters. The van der Waals surface area contributed by atoms with Gasteiger partial charge in [-0.2, -0.15) is 11.8 Å². The van der Waals surface area contributed by atoms with Crippen LogP contribution in [-0.4, -0.2) is 34.0 Å². The Hall–Kier alpha value is -1.46. The van der Waals surface area contributed by atoms with Crippen LogP contribution in [0.15, 0.2) is 34.9 Å². The average molecular weight is 323 g/mol. The Morgan fingerprint density at radius 2 is 2.19 bits per heavy atom. The smallest absolute Gasteiger partial charge is 0.293 e. The largest absolute Gasteiger partial charge is 0.351 e. The van der Waals surface area contributed by atoms with Crippen molar-refractivity contribution >= 4 is 29.3 Å². The minimum absolute atomic E-state index is 0.0407. The highest BCUT2D eigenvalue weighted by molar-refractivity contribution is 7.99. The lowest BCUT2D eigenvalue weighted by molar-refractivity contribution is 0.0658. The molecule has 2 aromatic rings. The minimum Gasteiger partial charge on any atom is -0.351 e. The summed E-state index contributed by atoms with van der Waals surface area (Å²) in [6.45, 7) is 2.51. The van der Waals surface area contributed by atoms with Crippen LogP contribution in [0.1, 0.15) is 27.9 Å². The highest BCUT2D eigenvalue weighted by Gasteiger charge is 2.30. The molecule has 1 aromatic heterocycles. The van der Waals surface area contributed by atoms with E-state index in [9.17, 15) is 4.79 Å². The van der Waals surface area contributed by atoms with Crippen molar-refractivity contribution in [3.63, 3.8) is 0 Å². The molecule has 1 fully saturated rings. The normalized spacial score (nSPS) is 18.8. The van der Waals surface area contributed by atoms with E-state index in [1.807, 2.05) is 47.9 Å². The van der Waals surface area contributed by atoms with Crippen LogP contribution in [0.4, 0.5) is 0 Å². The number of halogens is 1. The first-order valence-electron chi connectivity index (χ1n) is 6.72. The Labute approximate surface area is 132 Å². The number of aryl methyl sites for hydroxylation is 1. The predicted octanol–water partition coefficient (Wildman–Crippen LogP) is 3.57. The van der Waals surface area contributed by atoms with Crippen LogP contribution in [0.25, 0.3) is 0 Å². The van der Waals surface area contributed by atoms with E-state index in [1.165, 1.54) is 0 Å². The van der Waals surface area contributed by atoms with Gasteiger partial charge in [0.2, 0.25) is 5.76 Å². The van der Waals surface area contributed by atoms with E-state index in [2.05, 4.69) is 5.16 Å². The van der Waals surface area contributed by atoms with Crippen LogP contribution in [-0.2, 0) is 0 Å². The summed E-state index contributed by atoms with van der Waals surface area (Å²) < 4.78 is 5.11. The van der Waals surface area contributed by atoms with E-state index in [0.717, 1.165) is 17.1 Å². The van der Waals surface area contributed by atoms with Crippen LogP contribution in [0.5, 0.6) is 0 Å². The van der Waals surface area contributed by atoms with E-state index in [-0.39, 0.29) is 11.9 Å². The van der Waals surface area contributed by atoms with Gasteiger partial charge in [-0.3, -0.25) is 4.79 Å². The van der Waals surface area contributed by atoms with Crippen molar-refractivity contribution in [1.29, 1.82) is 0 Å². The van der Waals surface area contributed by atoms with E-state index in [4.69, 9.17) is 16.1 Å². The van der Waals surface area contributed by atoms with E-state index < -0.39 is 0 Å². The molecule has 2 heterocycles. The summed E-state index contributed by atoms with van der Waals surface area (Å²) in [4.78, 5) is 14.5. The number of benzene rings is 1. The summed E-state index contributed by atoms with van der Waals surface area (Å²) in [6.07, 6.45) is 0. The number of hydrogen-bond acceptors (Lipinski definition) is 4. The van der Waals surface area contributed by atoms with Crippen molar-refractivity contribution in [3.8, 4) is 0 Å². The number of amides is 1. The van der Waals surface area contributed by atoms with Crippen LogP contribution in [0.2, 0.25) is 5.02 Å². The van der Waals surface area contributed by atoms with E-state index in [1.54, 1.807) is 6.07 Å². The topological polar surface area (TPSA) is 46.3 Å². The molecule has 1 atom stereocenters. The maximum atomic E-state index is 12.6. The third-order valence-corrected chi connectivity index (χ3v) is 4.76. The lowest BCUT2D eigenvalue weighted by Gasteiger charge is -2.35. The van der Waals surface area contributed by atoms with Gasteiger partial charge in [-0.05, 0) is 24.6 Å². The van der Waals surface area contributed by atoms with Crippen molar-refractivity contribution in [2.24, 2.45) is 0 Å². The maximum Gasteiger partial charge on any atom is 0.293 e. The SMILES string of the molecule is Cc1cc(C(=O)N2CCSCC2c2ccc(Cl)cc2)on1. The number of rotatable bonds is 2. The second kappa shape index (κ2) is 6.12. The van der Waals surface area contributed by atoms with E-state index in [0.29, 0.717) is 23.0 Å². The van der Waals surface area contributed by atoms with Crippen LogP contribution in [0, 0.1) is 6.92 Å². The zero-order valence-electron chi connectivity index (χ0n) is 11.6. The van der Waals surface area contributed by atoms with Gasteiger partial charge in [0.1, 0.15) is 0 Å². The van der Waals surface area contributed by atoms with Gasteiger partial charge in [0.05, 0.1) is 11.7 Å². The van der Waals surface area contributed by atoms with Gasteiger partial charge in [0.15, 0.2) is 0 Å². The van der Waals surface area contributed by atoms with Crippen molar-refractivity contribution < 1.29 is 9.32 Å². The summed E-state index contributed by atoms with van der Waals surface area (Å²) in [5, 5.41) is 4.50. The number of nitrogens with zero attached hydrogens (tertiary/aromatic N) is 2. The Morgan fingerprint density at radius 3 is 2.86 bits per heavy atom. The number of aromatic nitrogens is 1. The maximum absolute atomic E-state index is 12.6. The van der Waals surface area contributed by atoms with Gasteiger partial charge in [0, 0.05) is 29.1 Å². The van der Waals surface area contributed by atoms with Crippen LogP contribution >= 0.6 is 23.4 Å². The fourth-order valence-electron chi connectivity index (χ4n) is 2.41. The second-order valence-electron chi connectivity index (χ2n) is 4.97. The first kappa shape index (κ1) is 14.5. The van der Waals surface area contributed by atoms with Gasteiger partial charge in [-0.1, -0.05) is 28.9 Å². The standard InChI is InChI=1S/C15H15ClN2O2S/c1-10-8-14(20-17-10)15(19)18-6-7-21-9-13(18)11-2-4-12(16)5-3-11/h2-5,8,13H,6-7,9H2,1H3. The summed E-state index contributed by atoms with van der Waals surface area (Å²) in [6, 6.07) is 9.40. The first-order chi connectivity index (χ1) is 10.1. The lowest BCUT2D eigenvalue weighted by Crippen LogP contribution is -2.40. The molecule has 1 amide bonds. The third-order valence-electron chi connectivity index (χ3n) is 3.48. The molecule has 1 saturated heterocycles. The average Bonchev–Trinajstić information content (AvgIpc) is 2.94. The fraction of sp³-hybridized carbons (Fsp3) is 0.333. The zero-order valence-corrected chi connectivity index (χ0v) is 13.2. The molecule has 1 aliphatic rings. The van der Waals surface area contributed by atoms with Crippen molar-refractivity contribution in [3.05, 3.63) is 52.4 Å². The van der Waals surface area contributed by atoms with Crippen LogP contribution in [0.3, 0.4) is 0 Å². The monoisotopic (exact) mass is 322 g/mol. The molecule has 21 heavy (non-hydrogen) atoms. The molecular weight excluding hydrogens is 308 g/mol. The Morgan fingerprint density at radius 1 is 1.43 bits per heavy atom. The summed E-state index contributed by atoms with van der Waals surface area (Å²) in [5.74, 6) is 2.01. The van der Waals surface area contributed by atoms with E-state index >= 15 is 0 Å². The third kappa shape index (κ3) is 3.09. The van der Waals surface area contributed by atoms with Gasteiger partial charge >= 0.3 is 0 Å². The second-order valence-corrected chi connectivity index (χ2v) is 6.56. The number of hydrogen-bond donors (Lipinski definition) is 0. The highest BCUT2D eigenvalue weighted by Crippen LogP contribution is 2.31. The molecule has 0 bridgehead atoms. The molecule has 4 nitrogen and oxygen atoms in total. The molecular formula is C15H15ClN2O2S. The number of carbonyl (C=O) groups excluding carboxylic acids is 1. The predicted molar refractivity (Wildman–Crippen MR) is 83.8 cm³/mol. The fourth-order valence-corrected chi connectivity index (χ4v) is 3.63. The van der Waals surface area contributed by atoms with Crippen molar-refractivity contribution in [2.75, 3.05) is 18.1 Å². The van der Waals surface area contributed by atoms with Crippen LogP contribution < -0.4 is 0 Å². The van der Waals surface area contributed by atoms with Gasteiger partial charge in [-0.15, -0.1) is 0 Å². The molecule has 0 aliphatic carbocycles. The number of carbonyl (C=O) groups is 1. The van der Waals surface area contributed by atoms with Crippen molar-refractivity contribution in [1.82, 2.24) is 10.1 Å². The summed E-state index contributed by atoms with van der Waals surface area (Å²) in [7, 11) is 0.